The summed E-state index contributed by atoms with van der Waals surface area (Å²) in [5.41, 5.74) is 1.67. The van der Waals surface area contributed by atoms with Crippen molar-refractivity contribution in [2.45, 2.75) is 45.7 Å². The largest absolute Gasteiger partial charge is 0.357 e. The number of aromatic nitrogens is 1. The third kappa shape index (κ3) is 9.64. The molecule has 0 aliphatic rings. The Labute approximate surface area is 191 Å². The highest BCUT2D eigenvalue weighted by Crippen LogP contribution is 2.13. The first-order chi connectivity index (χ1) is 13.4. The maximum Gasteiger partial charge on any atom is 0.216 e. The van der Waals surface area contributed by atoms with Gasteiger partial charge < -0.3 is 15.2 Å². The van der Waals surface area contributed by atoms with Crippen molar-refractivity contribution >= 4 is 40.0 Å². The van der Waals surface area contributed by atoms with Gasteiger partial charge in [-0.25, -0.2) is 18.1 Å². The quantitative estimate of drug-likeness (QED) is 0.249. The van der Waals surface area contributed by atoms with Crippen molar-refractivity contribution < 1.29 is 8.42 Å². The zero-order valence-electron chi connectivity index (χ0n) is 17.3. The van der Waals surface area contributed by atoms with Gasteiger partial charge >= 0.3 is 0 Å². The maximum atomic E-state index is 12.3. The monoisotopic (exact) mass is 533 g/mol. The highest BCUT2D eigenvalue weighted by atomic mass is 127. The molecular formula is C20H32IN5O2S. The molecule has 0 spiro atoms. The number of halogens is 1. The average molecular weight is 533 g/mol. The van der Waals surface area contributed by atoms with E-state index < -0.39 is 10.0 Å². The molecule has 0 fully saturated rings. The van der Waals surface area contributed by atoms with Gasteiger partial charge in [0, 0.05) is 38.1 Å². The smallest absolute Gasteiger partial charge is 0.216 e. The van der Waals surface area contributed by atoms with E-state index in [1.54, 1.807) is 0 Å². The van der Waals surface area contributed by atoms with Gasteiger partial charge in [-0.3, -0.25) is 0 Å². The second-order valence-electron chi connectivity index (χ2n) is 6.84. The van der Waals surface area contributed by atoms with Crippen molar-refractivity contribution in [3.05, 3.63) is 59.9 Å². The molecule has 0 aliphatic carbocycles. The van der Waals surface area contributed by atoms with Crippen LogP contribution in [0.1, 0.15) is 31.9 Å². The minimum absolute atomic E-state index is 0. The van der Waals surface area contributed by atoms with Crippen molar-refractivity contribution in [3.8, 4) is 0 Å². The van der Waals surface area contributed by atoms with Gasteiger partial charge in [-0.2, -0.15) is 0 Å². The highest BCUT2D eigenvalue weighted by Gasteiger charge is 2.15. The van der Waals surface area contributed by atoms with E-state index in [1.165, 1.54) is 0 Å². The van der Waals surface area contributed by atoms with Crippen molar-refractivity contribution in [2.24, 2.45) is 4.99 Å². The van der Waals surface area contributed by atoms with Gasteiger partial charge in [0.15, 0.2) is 5.96 Å². The van der Waals surface area contributed by atoms with Crippen LogP contribution in [0.2, 0.25) is 0 Å². The number of guanidine groups is 1. The van der Waals surface area contributed by atoms with Crippen molar-refractivity contribution in [1.82, 2.24) is 19.9 Å². The van der Waals surface area contributed by atoms with Crippen LogP contribution in [0.5, 0.6) is 0 Å². The van der Waals surface area contributed by atoms with Crippen molar-refractivity contribution in [2.75, 3.05) is 13.1 Å². The molecule has 1 aromatic carbocycles. The molecular weight excluding hydrogens is 501 g/mol. The van der Waals surface area contributed by atoms with E-state index >= 15 is 0 Å². The minimum atomic E-state index is -3.38. The normalized spacial score (nSPS) is 11.9. The summed E-state index contributed by atoms with van der Waals surface area (Å²) in [6.45, 7) is 8.39. The van der Waals surface area contributed by atoms with Crippen LogP contribution >= 0.6 is 24.0 Å². The summed E-state index contributed by atoms with van der Waals surface area (Å²) in [6.07, 6.45) is 4.04. The lowest BCUT2D eigenvalue weighted by atomic mass is 10.1. The lowest BCUT2D eigenvalue weighted by molar-refractivity contribution is 0.569. The number of sulfonamides is 1. The molecule has 29 heavy (non-hydrogen) atoms. The third-order valence-corrected chi connectivity index (χ3v) is 5.48. The molecule has 3 N–H and O–H groups in total. The molecule has 1 aromatic heterocycles. The Morgan fingerprint density at radius 2 is 1.72 bits per heavy atom. The van der Waals surface area contributed by atoms with E-state index in [2.05, 4.69) is 24.9 Å². The van der Waals surface area contributed by atoms with Gasteiger partial charge in [-0.05, 0) is 44.0 Å². The Hall–Kier alpha value is -1.59. The number of benzene rings is 1. The van der Waals surface area contributed by atoms with Gasteiger partial charge in [0.1, 0.15) is 0 Å². The Bertz CT molecular complexity index is 852. The number of nitrogens with one attached hydrogen (secondary N) is 3. The predicted molar refractivity (Wildman–Crippen MR) is 130 cm³/mol. The summed E-state index contributed by atoms with van der Waals surface area (Å²) in [7, 11) is -3.38. The van der Waals surface area contributed by atoms with E-state index in [0.717, 1.165) is 30.8 Å². The van der Waals surface area contributed by atoms with Crippen LogP contribution in [-0.2, 0) is 28.9 Å². The summed E-state index contributed by atoms with van der Waals surface area (Å²) < 4.78 is 29.3. The van der Waals surface area contributed by atoms with E-state index in [4.69, 9.17) is 0 Å². The molecule has 2 rings (SSSR count). The molecule has 0 unspecified atom stereocenters. The summed E-state index contributed by atoms with van der Waals surface area (Å²) in [6, 6.07) is 11.4. The first-order valence-corrected chi connectivity index (χ1v) is 11.2. The first-order valence-electron chi connectivity index (χ1n) is 9.59. The molecule has 7 nitrogen and oxygen atoms in total. The van der Waals surface area contributed by atoms with E-state index in [-0.39, 0.29) is 35.8 Å². The van der Waals surface area contributed by atoms with Crippen LogP contribution in [0.3, 0.4) is 0 Å². The van der Waals surface area contributed by atoms with E-state index in [0.29, 0.717) is 12.5 Å². The van der Waals surface area contributed by atoms with Gasteiger partial charge in [0.2, 0.25) is 10.0 Å². The number of hydrogen-bond acceptors (Lipinski definition) is 3. The number of hydrogen-bond donors (Lipinski definition) is 3. The van der Waals surface area contributed by atoms with E-state index in [9.17, 15) is 8.42 Å². The van der Waals surface area contributed by atoms with Crippen LogP contribution < -0.4 is 15.4 Å². The molecule has 0 atom stereocenters. The lowest BCUT2D eigenvalue weighted by Crippen LogP contribution is -2.38. The van der Waals surface area contributed by atoms with Crippen LogP contribution in [0, 0.1) is 0 Å². The summed E-state index contributed by atoms with van der Waals surface area (Å²) in [5, 5.41) is 6.54. The Balaban J connectivity index is 0.00000420. The molecule has 1 heterocycles. The SMILES string of the molecule is CCNC(=NCc1ccccc1CS(=O)(=O)NC(C)C)NCCn1cccc1.I. The fourth-order valence-corrected chi connectivity index (χ4v) is 4.28. The molecule has 2 aromatic rings. The molecule has 0 bridgehead atoms. The Morgan fingerprint density at radius 1 is 1.07 bits per heavy atom. The second-order valence-corrected chi connectivity index (χ2v) is 8.60. The summed E-state index contributed by atoms with van der Waals surface area (Å²) >= 11 is 0. The fourth-order valence-electron chi connectivity index (χ4n) is 2.79. The van der Waals surface area contributed by atoms with Crippen molar-refractivity contribution in [3.63, 3.8) is 0 Å². The Morgan fingerprint density at radius 3 is 2.34 bits per heavy atom. The Kier molecular flexibility index (Phi) is 11.3. The molecule has 0 amide bonds. The number of rotatable bonds is 10. The number of nitrogens with zero attached hydrogens (tertiary/aromatic N) is 2. The first kappa shape index (κ1) is 25.4. The molecule has 0 aliphatic heterocycles. The van der Waals surface area contributed by atoms with Crippen LogP contribution in [0.25, 0.3) is 0 Å². The molecule has 162 valence electrons. The van der Waals surface area contributed by atoms with Gasteiger partial charge in [-0.1, -0.05) is 24.3 Å². The zero-order valence-corrected chi connectivity index (χ0v) is 20.4. The molecule has 0 saturated carbocycles. The number of aliphatic imine (C=N–C) groups is 1. The van der Waals surface area contributed by atoms with Gasteiger partial charge in [0.25, 0.3) is 0 Å². The van der Waals surface area contributed by atoms with E-state index in [1.807, 2.05) is 69.6 Å². The predicted octanol–water partition coefficient (Wildman–Crippen LogP) is 2.69. The topological polar surface area (TPSA) is 87.5 Å². The highest BCUT2D eigenvalue weighted by molar-refractivity contribution is 14.0. The average Bonchev–Trinajstić information content (AvgIpc) is 3.12. The zero-order chi connectivity index (χ0) is 20.4. The van der Waals surface area contributed by atoms with Gasteiger partial charge in [-0.15, -0.1) is 24.0 Å². The summed E-state index contributed by atoms with van der Waals surface area (Å²) in [5.74, 6) is 0.668. The maximum absolute atomic E-state index is 12.3. The lowest BCUT2D eigenvalue weighted by Gasteiger charge is -2.14. The second kappa shape index (κ2) is 12.9. The third-order valence-electron chi connectivity index (χ3n) is 3.96. The fraction of sp³-hybridized carbons (Fsp3) is 0.450. The van der Waals surface area contributed by atoms with Crippen LogP contribution in [0.15, 0.2) is 53.8 Å². The van der Waals surface area contributed by atoms with Crippen LogP contribution in [-0.4, -0.2) is 38.1 Å². The van der Waals surface area contributed by atoms with Gasteiger partial charge in [0.05, 0.1) is 12.3 Å². The standard InChI is InChI=1S/C20H31N5O2S.HI/c1-4-21-20(22-11-14-25-12-7-8-13-25)23-15-18-9-5-6-10-19(18)16-28(26,27)24-17(2)3;/h5-10,12-13,17,24H,4,11,14-16H2,1-3H3,(H2,21,22,23);1H. The molecule has 0 saturated heterocycles. The minimum Gasteiger partial charge on any atom is -0.357 e. The summed E-state index contributed by atoms with van der Waals surface area (Å²) in [4.78, 5) is 4.62. The van der Waals surface area contributed by atoms with Crippen molar-refractivity contribution in [1.29, 1.82) is 0 Å². The molecule has 0 radical (unpaired) electrons. The molecule has 9 heteroatoms. The van der Waals surface area contributed by atoms with Crippen LogP contribution in [0.4, 0.5) is 0 Å².